The minimum atomic E-state index is -0.370. The smallest absolute Gasteiger partial charge is 0.199 e. The van der Waals surface area contributed by atoms with E-state index in [0.717, 1.165) is 18.8 Å². The molecule has 2 aromatic carbocycles. The van der Waals surface area contributed by atoms with E-state index in [4.69, 9.17) is 0 Å². The summed E-state index contributed by atoms with van der Waals surface area (Å²) in [6, 6.07) is 16.2. The first-order chi connectivity index (χ1) is 12.1. The highest BCUT2D eigenvalue weighted by atomic mass is 16.2. The molecule has 0 atom stereocenters. The molecule has 0 saturated heterocycles. The zero-order valence-corrected chi connectivity index (χ0v) is 14.2. The van der Waals surface area contributed by atoms with E-state index < -0.39 is 0 Å². The first-order valence-electron chi connectivity index (χ1n) is 8.30. The largest absolute Gasteiger partial charge is 0.372 e. The van der Waals surface area contributed by atoms with Crippen molar-refractivity contribution in [2.75, 3.05) is 18.0 Å². The second-order valence-electron chi connectivity index (χ2n) is 5.78. The number of nitrogens with zero attached hydrogens (tertiary/aromatic N) is 2. The molecule has 1 aliphatic carbocycles. The standard InChI is InChI=1S/C21H18N2O2/c1-3-23(4-2)15-11-9-14(10-12-15)18(13-22)19-20(24)16-7-5-6-8-17(16)21(19)25/h5-12H,3-4H2,1-2H3. The summed E-state index contributed by atoms with van der Waals surface area (Å²) in [5.41, 5.74) is 2.48. The maximum Gasteiger partial charge on any atom is 0.199 e. The van der Waals surface area contributed by atoms with Gasteiger partial charge in [-0.1, -0.05) is 36.4 Å². The third-order valence-electron chi connectivity index (χ3n) is 4.52. The topological polar surface area (TPSA) is 61.2 Å². The van der Waals surface area contributed by atoms with Crippen LogP contribution in [0.5, 0.6) is 0 Å². The number of benzene rings is 2. The molecule has 0 saturated carbocycles. The van der Waals surface area contributed by atoms with Crippen LogP contribution in [0.25, 0.3) is 5.57 Å². The Kier molecular flexibility index (Phi) is 4.49. The molecular weight excluding hydrogens is 312 g/mol. The number of ketones is 2. The van der Waals surface area contributed by atoms with Crippen LogP contribution < -0.4 is 4.90 Å². The number of allylic oxidation sites excluding steroid dienone is 2. The van der Waals surface area contributed by atoms with Crippen LogP contribution in [0.3, 0.4) is 0 Å². The summed E-state index contributed by atoms with van der Waals surface area (Å²) in [7, 11) is 0. The van der Waals surface area contributed by atoms with E-state index in [2.05, 4.69) is 24.8 Å². The Hall–Kier alpha value is -3.19. The number of anilines is 1. The lowest BCUT2D eigenvalue weighted by atomic mass is 9.97. The van der Waals surface area contributed by atoms with Crippen molar-refractivity contribution in [3.8, 4) is 6.07 Å². The van der Waals surface area contributed by atoms with Crippen LogP contribution in [0.15, 0.2) is 54.1 Å². The van der Waals surface area contributed by atoms with Gasteiger partial charge in [0.25, 0.3) is 0 Å². The van der Waals surface area contributed by atoms with E-state index in [1.165, 1.54) is 0 Å². The van der Waals surface area contributed by atoms with Gasteiger partial charge in [-0.05, 0) is 31.5 Å². The van der Waals surface area contributed by atoms with Crippen molar-refractivity contribution in [1.82, 2.24) is 0 Å². The van der Waals surface area contributed by atoms with Gasteiger partial charge < -0.3 is 4.90 Å². The van der Waals surface area contributed by atoms with Crippen molar-refractivity contribution in [1.29, 1.82) is 5.26 Å². The van der Waals surface area contributed by atoms with Crippen LogP contribution in [-0.2, 0) is 0 Å². The van der Waals surface area contributed by atoms with Crippen molar-refractivity contribution < 1.29 is 9.59 Å². The maximum absolute atomic E-state index is 12.6. The lowest BCUT2D eigenvalue weighted by molar-refractivity contribution is 0.0990. The first-order valence-corrected chi connectivity index (χ1v) is 8.30. The fourth-order valence-electron chi connectivity index (χ4n) is 3.17. The average Bonchev–Trinajstić information content (AvgIpc) is 2.90. The molecule has 0 aliphatic heterocycles. The minimum absolute atomic E-state index is 0.0284. The van der Waals surface area contributed by atoms with Gasteiger partial charge in [0.1, 0.15) is 6.07 Å². The first kappa shape index (κ1) is 16.7. The summed E-state index contributed by atoms with van der Waals surface area (Å²) < 4.78 is 0. The van der Waals surface area contributed by atoms with Crippen molar-refractivity contribution in [3.05, 3.63) is 70.8 Å². The molecule has 4 heteroatoms. The molecule has 4 nitrogen and oxygen atoms in total. The van der Waals surface area contributed by atoms with Gasteiger partial charge in [-0.2, -0.15) is 5.26 Å². The van der Waals surface area contributed by atoms with Crippen LogP contribution in [0, 0.1) is 11.3 Å². The molecule has 0 fully saturated rings. The molecule has 0 spiro atoms. The predicted molar refractivity (Wildman–Crippen MR) is 97.6 cm³/mol. The van der Waals surface area contributed by atoms with E-state index in [1.54, 1.807) is 36.4 Å². The summed E-state index contributed by atoms with van der Waals surface area (Å²) in [6.07, 6.45) is 0. The number of Topliss-reactive ketones (excluding diaryl/α,β-unsaturated/α-hetero) is 2. The third kappa shape index (κ3) is 2.74. The van der Waals surface area contributed by atoms with Gasteiger partial charge in [-0.15, -0.1) is 0 Å². The van der Waals surface area contributed by atoms with Crippen molar-refractivity contribution in [3.63, 3.8) is 0 Å². The van der Waals surface area contributed by atoms with Crippen LogP contribution in [0.1, 0.15) is 40.1 Å². The Morgan fingerprint density at radius 2 is 1.44 bits per heavy atom. The highest BCUT2D eigenvalue weighted by Gasteiger charge is 2.35. The normalized spacial score (nSPS) is 12.8. The van der Waals surface area contributed by atoms with Gasteiger partial charge in [-0.3, -0.25) is 9.59 Å². The van der Waals surface area contributed by atoms with Crippen molar-refractivity contribution in [2.24, 2.45) is 0 Å². The van der Waals surface area contributed by atoms with Gasteiger partial charge in [0.15, 0.2) is 11.6 Å². The number of hydrogen-bond donors (Lipinski definition) is 0. The Morgan fingerprint density at radius 1 is 0.920 bits per heavy atom. The molecule has 0 unspecified atom stereocenters. The molecule has 25 heavy (non-hydrogen) atoms. The Balaban J connectivity index is 2.07. The van der Waals surface area contributed by atoms with Crippen LogP contribution >= 0.6 is 0 Å². The number of carbonyl (C=O) groups excluding carboxylic acids is 2. The Bertz CT molecular complexity index is 877. The summed E-state index contributed by atoms with van der Waals surface area (Å²) in [4.78, 5) is 27.4. The lowest BCUT2D eigenvalue weighted by Gasteiger charge is -2.21. The number of fused-ring (bicyclic) bond motifs is 1. The Morgan fingerprint density at radius 3 is 1.88 bits per heavy atom. The molecular formula is C21H18N2O2. The van der Waals surface area contributed by atoms with Crippen molar-refractivity contribution >= 4 is 22.8 Å². The van der Waals surface area contributed by atoms with Crippen LogP contribution in [0.2, 0.25) is 0 Å². The number of nitriles is 1. The molecule has 0 radical (unpaired) electrons. The molecule has 124 valence electrons. The predicted octanol–water partition coefficient (Wildman–Crippen LogP) is 3.89. The van der Waals surface area contributed by atoms with E-state index in [1.807, 2.05) is 12.1 Å². The van der Waals surface area contributed by atoms with Gasteiger partial charge in [-0.25, -0.2) is 0 Å². The SMILES string of the molecule is CCN(CC)c1ccc(C(C#N)=C2C(=O)c3ccccc3C2=O)cc1. The highest BCUT2D eigenvalue weighted by Crippen LogP contribution is 2.32. The zero-order chi connectivity index (χ0) is 18.0. The summed E-state index contributed by atoms with van der Waals surface area (Å²) in [5, 5.41) is 9.60. The fraction of sp³-hybridized carbons (Fsp3) is 0.190. The molecule has 0 heterocycles. The Labute approximate surface area is 147 Å². The van der Waals surface area contributed by atoms with Crippen LogP contribution in [-0.4, -0.2) is 24.7 Å². The fourth-order valence-corrected chi connectivity index (χ4v) is 3.17. The lowest BCUT2D eigenvalue weighted by Crippen LogP contribution is -2.21. The monoisotopic (exact) mass is 330 g/mol. The summed E-state index contributed by atoms with van der Waals surface area (Å²) in [5.74, 6) is -0.741. The summed E-state index contributed by atoms with van der Waals surface area (Å²) in [6.45, 7) is 5.92. The second-order valence-corrected chi connectivity index (χ2v) is 5.78. The number of hydrogen-bond acceptors (Lipinski definition) is 4. The van der Waals surface area contributed by atoms with Crippen LogP contribution in [0.4, 0.5) is 5.69 Å². The van der Waals surface area contributed by atoms with Gasteiger partial charge in [0.05, 0.1) is 11.1 Å². The molecule has 0 bridgehead atoms. The average molecular weight is 330 g/mol. The third-order valence-corrected chi connectivity index (χ3v) is 4.52. The van der Waals surface area contributed by atoms with Gasteiger partial charge in [0.2, 0.25) is 0 Å². The number of carbonyl (C=O) groups is 2. The van der Waals surface area contributed by atoms with Gasteiger partial charge in [0, 0.05) is 29.9 Å². The number of rotatable bonds is 4. The quantitative estimate of drug-likeness (QED) is 0.485. The maximum atomic E-state index is 12.6. The molecule has 1 aliphatic rings. The highest BCUT2D eigenvalue weighted by molar-refractivity contribution is 6.43. The zero-order valence-electron chi connectivity index (χ0n) is 14.2. The van der Waals surface area contributed by atoms with Gasteiger partial charge >= 0.3 is 0 Å². The van der Waals surface area contributed by atoms with E-state index in [-0.39, 0.29) is 22.7 Å². The summed E-state index contributed by atoms with van der Waals surface area (Å²) >= 11 is 0. The van der Waals surface area contributed by atoms with E-state index in [9.17, 15) is 14.9 Å². The molecule has 0 amide bonds. The second kappa shape index (κ2) is 6.74. The van der Waals surface area contributed by atoms with Crippen molar-refractivity contribution in [2.45, 2.75) is 13.8 Å². The molecule has 0 N–H and O–H groups in total. The minimum Gasteiger partial charge on any atom is -0.372 e. The molecule has 0 aromatic heterocycles. The van der Waals surface area contributed by atoms with E-state index in [0.29, 0.717) is 16.7 Å². The van der Waals surface area contributed by atoms with E-state index >= 15 is 0 Å². The molecule has 3 rings (SSSR count). The molecule has 2 aromatic rings.